The average Bonchev–Trinajstić information content (AvgIpc) is 2.79. The summed E-state index contributed by atoms with van der Waals surface area (Å²) in [7, 11) is -3.00. The van der Waals surface area contributed by atoms with Crippen LogP contribution in [0.4, 0.5) is 15.8 Å². The van der Waals surface area contributed by atoms with E-state index in [9.17, 15) is 22.4 Å². The van der Waals surface area contributed by atoms with E-state index in [1.165, 1.54) is 55.6 Å². The quantitative estimate of drug-likeness (QED) is 0.547. The number of halogens is 1. The second-order valence-electron chi connectivity index (χ2n) is 6.85. The third kappa shape index (κ3) is 4.94. The van der Waals surface area contributed by atoms with Crippen molar-refractivity contribution in [1.29, 1.82) is 0 Å². The predicted molar refractivity (Wildman–Crippen MR) is 119 cm³/mol. The molecule has 1 N–H and O–H groups in total. The van der Waals surface area contributed by atoms with Gasteiger partial charge in [0.25, 0.3) is 10.0 Å². The minimum Gasteiger partial charge on any atom is -0.465 e. The number of aryl methyl sites for hydroxylation is 1. The molecule has 7 nitrogen and oxygen atoms in total. The summed E-state index contributed by atoms with van der Waals surface area (Å²) in [6, 6.07) is 17.4. The fourth-order valence-electron chi connectivity index (χ4n) is 2.99. The second-order valence-corrected chi connectivity index (χ2v) is 8.71. The Hall–Kier alpha value is -3.72. The lowest BCUT2D eigenvalue weighted by Crippen LogP contribution is -2.38. The van der Waals surface area contributed by atoms with Gasteiger partial charge in [-0.1, -0.05) is 36.4 Å². The number of amides is 1. The molecule has 1 amide bonds. The van der Waals surface area contributed by atoms with E-state index in [0.29, 0.717) is 15.6 Å². The van der Waals surface area contributed by atoms with Crippen molar-refractivity contribution in [2.75, 3.05) is 23.3 Å². The van der Waals surface area contributed by atoms with E-state index in [1.807, 2.05) is 0 Å². The first-order valence-electron chi connectivity index (χ1n) is 9.55. The van der Waals surface area contributed by atoms with Gasteiger partial charge >= 0.3 is 5.97 Å². The van der Waals surface area contributed by atoms with Gasteiger partial charge in [-0.05, 0) is 48.9 Å². The largest absolute Gasteiger partial charge is 0.465 e. The number of hydrogen-bond acceptors (Lipinski definition) is 5. The summed E-state index contributed by atoms with van der Waals surface area (Å²) in [5.41, 5.74) is 0.917. The zero-order chi connectivity index (χ0) is 23.3. The summed E-state index contributed by atoms with van der Waals surface area (Å²) in [6.07, 6.45) is 0. The number of benzene rings is 3. The van der Waals surface area contributed by atoms with Gasteiger partial charge in [0.05, 0.1) is 23.3 Å². The van der Waals surface area contributed by atoms with Crippen LogP contribution in [-0.4, -0.2) is 33.9 Å². The summed E-state index contributed by atoms with van der Waals surface area (Å²) in [5.74, 6) is -2.08. The highest BCUT2D eigenvalue weighted by molar-refractivity contribution is 7.92. The number of para-hydroxylation sites is 1. The molecule has 0 atom stereocenters. The fraction of sp³-hybridized carbons (Fsp3) is 0.130. The summed E-state index contributed by atoms with van der Waals surface area (Å²) >= 11 is 0. The zero-order valence-corrected chi connectivity index (χ0v) is 18.2. The molecule has 166 valence electrons. The van der Waals surface area contributed by atoms with Gasteiger partial charge in [-0.25, -0.2) is 17.6 Å². The van der Waals surface area contributed by atoms with Crippen LogP contribution in [0.5, 0.6) is 0 Å². The normalized spacial score (nSPS) is 11.0. The van der Waals surface area contributed by atoms with Crippen LogP contribution in [-0.2, 0) is 19.6 Å². The lowest BCUT2D eigenvalue weighted by Gasteiger charge is -2.24. The molecule has 0 aromatic heterocycles. The monoisotopic (exact) mass is 456 g/mol. The fourth-order valence-corrected chi connectivity index (χ4v) is 4.44. The summed E-state index contributed by atoms with van der Waals surface area (Å²) in [4.78, 5) is 24.5. The van der Waals surface area contributed by atoms with Crippen molar-refractivity contribution in [3.8, 4) is 0 Å². The third-order valence-electron chi connectivity index (χ3n) is 4.67. The standard InChI is InChI=1S/C23H21FN2O5S/c1-16-12-13-17(23(28)31-2)14-20(16)25-22(27)15-26(21-11-7-6-10-19(21)24)32(29,30)18-8-4-3-5-9-18/h3-14H,15H2,1-2H3,(H,25,27). The van der Waals surface area contributed by atoms with E-state index in [4.69, 9.17) is 0 Å². The maximum absolute atomic E-state index is 14.5. The number of anilines is 2. The first-order valence-corrected chi connectivity index (χ1v) is 11.0. The average molecular weight is 456 g/mol. The van der Waals surface area contributed by atoms with Crippen molar-refractivity contribution in [3.63, 3.8) is 0 Å². The lowest BCUT2D eigenvalue weighted by atomic mass is 10.1. The number of nitrogens with one attached hydrogen (secondary N) is 1. The summed E-state index contributed by atoms with van der Waals surface area (Å²) in [6.45, 7) is 1.03. The smallest absolute Gasteiger partial charge is 0.337 e. The highest BCUT2D eigenvalue weighted by atomic mass is 32.2. The molecule has 3 aromatic carbocycles. The number of sulfonamides is 1. The van der Waals surface area contributed by atoms with Crippen LogP contribution in [0.2, 0.25) is 0 Å². The van der Waals surface area contributed by atoms with Crippen molar-refractivity contribution < 1.29 is 27.1 Å². The van der Waals surface area contributed by atoms with Crippen LogP contribution in [0.15, 0.2) is 77.7 Å². The van der Waals surface area contributed by atoms with Gasteiger partial charge in [-0.15, -0.1) is 0 Å². The highest BCUT2D eigenvalue weighted by Gasteiger charge is 2.29. The van der Waals surface area contributed by atoms with Crippen molar-refractivity contribution in [2.45, 2.75) is 11.8 Å². The number of nitrogens with zero attached hydrogens (tertiary/aromatic N) is 1. The number of carbonyl (C=O) groups excluding carboxylic acids is 2. The number of esters is 1. The molecular weight excluding hydrogens is 435 g/mol. The second kappa shape index (κ2) is 9.61. The maximum atomic E-state index is 14.5. The Kier molecular flexibility index (Phi) is 6.89. The van der Waals surface area contributed by atoms with Gasteiger partial charge in [-0.2, -0.15) is 0 Å². The highest BCUT2D eigenvalue weighted by Crippen LogP contribution is 2.26. The number of rotatable bonds is 7. The van der Waals surface area contributed by atoms with Crippen LogP contribution in [0.1, 0.15) is 15.9 Å². The summed E-state index contributed by atoms with van der Waals surface area (Å²) in [5, 5.41) is 2.60. The van der Waals surface area contributed by atoms with Gasteiger partial charge in [0.15, 0.2) is 0 Å². The van der Waals surface area contributed by atoms with Crippen molar-refractivity contribution in [3.05, 3.63) is 89.7 Å². The number of methoxy groups -OCH3 is 1. The van der Waals surface area contributed by atoms with Crippen LogP contribution < -0.4 is 9.62 Å². The molecule has 0 bridgehead atoms. The number of hydrogen-bond donors (Lipinski definition) is 1. The Balaban J connectivity index is 1.95. The van der Waals surface area contributed by atoms with Crippen LogP contribution in [0.25, 0.3) is 0 Å². The van der Waals surface area contributed by atoms with Crippen molar-refractivity contribution >= 4 is 33.3 Å². The molecule has 0 heterocycles. The van der Waals surface area contributed by atoms with Gasteiger partial charge in [0.1, 0.15) is 12.4 Å². The molecule has 0 aliphatic rings. The minimum absolute atomic E-state index is 0.0834. The van der Waals surface area contributed by atoms with Crippen molar-refractivity contribution in [1.82, 2.24) is 0 Å². The minimum atomic E-state index is -4.24. The Morgan fingerprint density at radius 3 is 2.31 bits per heavy atom. The number of carbonyl (C=O) groups is 2. The Bertz CT molecular complexity index is 1250. The molecule has 0 spiro atoms. The van der Waals surface area contributed by atoms with Crippen LogP contribution in [0.3, 0.4) is 0 Å². The van der Waals surface area contributed by atoms with Gasteiger partial charge in [-0.3, -0.25) is 9.10 Å². The van der Waals surface area contributed by atoms with E-state index >= 15 is 0 Å². The molecule has 0 saturated heterocycles. The van der Waals surface area contributed by atoms with E-state index < -0.39 is 34.3 Å². The molecule has 0 radical (unpaired) electrons. The van der Waals surface area contributed by atoms with Gasteiger partial charge in [0, 0.05) is 5.69 Å². The Morgan fingerprint density at radius 2 is 1.66 bits per heavy atom. The predicted octanol–water partition coefficient (Wildman–Crippen LogP) is 3.75. The van der Waals surface area contributed by atoms with E-state index in [0.717, 1.165) is 6.07 Å². The summed E-state index contributed by atoms with van der Waals surface area (Å²) < 4.78 is 46.4. The molecule has 3 rings (SSSR count). The first kappa shape index (κ1) is 23.0. The van der Waals surface area contributed by atoms with E-state index in [2.05, 4.69) is 10.1 Å². The third-order valence-corrected chi connectivity index (χ3v) is 6.45. The van der Waals surface area contributed by atoms with Gasteiger partial charge in [0.2, 0.25) is 5.91 Å². The molecule has 0 aliphatic heterocycles. The molecule has 9 heteroatoms. The SMILES string of the molecule is COC(=O)c1ccc(C)c(NC(=O)CN(c2ccccc2F)S(=O)(=O)c2ccccc2)c1. The topological polar surface area (TPSA) is 92.8 Å². The zero-order valence-electron chi connectivity index (χ0n) is 17.4. The molecule has 0 saturated carbocycles. The first-order chi connectivity index (χ1) is 15.2. The molecule has 0 aliphatic carbocycles. The van der Waals surface area contributed by atoms with Gasteiger partial charge < -0.3 is 10.1 Å². The van der Waals surface area contributed by atoms with Crippen molar-refractivity contribution in [2.24, 2.45) is 0 Å². The molecule has 0 unspecified atom stereocenters. The molecule has 32 heavy (non-hydrogen) atoms. The lowest BCUT2D eigenvalue weighted by molar-refractivity contribution is -0.114. The van der Waals surface area contributed by atoms with Crippen LogP contribution in [0, 0.1) is 12.7 Å². The van der Waals surface area contributed by atoms with Crippen LogP contribution >= 0.6 is 0 Å². The number of ether oxygens (including phenoxy) is 1. The molecule has 3 aromatic rings. The molecule has 0 fully saturated rings. The Labute approximate surface area is 185 Å². The maximum Gasteiger partial charge on any atom is 0.337 e. The van der Waals surface area contributed by atoms with E-state index in [-0.39, 0.29) is 16.1 Å². The van der Waals surface area contributed by atoms with E-state index in [1.54, 1.807) is 25.1 Å². The molecular formula is C23H21FN2O5S. The Morgan fingerprint density at radius 1 is 1.00 bits per heavy atom.